The van der Waals surface area contributed by atoms with Gasteiger partial charge in [0.05, 0.1) is 5.69 Å². The van der Waals surface area contributed by atoms with Crippen LogP contribution in [-0.4, -0.2) is 9.78 Å². The molecule has 2 aromatic rings. The molecule has 0 bridgehead atoms. The van der Waals surface area contributed by atoms with Crippen molar-refractivity contribution in [1.29, 1.82) is 0 Å². The summed E-state index contributed by atoms with van der Waals surface area (Å²) in [6, 6.07) is 10.2. The van der Waals surface area contributed by atoms with Crippen molar-refractivity contribution in [2.75, 3.05) is 0 Å². The van der Waals surface area contributed by atoms with Crippen LogP contribution in [0.4, 0.5) is 0 Å². The van der Waals surface area contributed by atoms with Crippen LogP contribution in [0.25, 0.3) is 0 Å². The van der Waals surface area contributed by atoms with Crippen LogP contribution in [0.2, 0.25) is 5.15 Å². The van der Waals surface area contributed by atoms with Crippen LogP contribution in [0.5, 0.6) is 0 Å². The Labute approximate surface area is 119 Å². The van der Waals surface area contributed by atoms with Crippen LogP contribution in [0.1, 0.15) is 30.2 Å². The molecule has 1 heterocycles. The molecular formula is C15H20ClN3. The van der Waals surface area contributed by atoms with E-state index in [0.717, 1.165) is 23.2 Å². The summed E-state index contributed by atoms with van der Waals surface area (Å²) in [6.07, 6.45) is 1.55. The number of aromatic nitrogens is 2. The van der Waals surface area contributed by atoms with E-state index in [2.05, 4.69) is 24.2 Å². The Kier molecular flexibility index (Phi) is 3.97. The van der Waals surface area contributed by atoms with E-state index in [0.29, 0.717) is 11.6 Å². The Hall–Kier alpha value is -1.32. The quantitative estimate of drug-likeness (QED) is 0.933. The van der Waals surface area contributed by atoms with Crippen molar-refractivity contribution in [2.24, 2.45) is 12.8 Å². The highest BCUT2D eigenvalue weighted by Crippen LogP contribution is 2.30. The second-order valence-corrected chi connectivity index (χ2v) is 5.39. The maximum absolute atomic E-state index is 6.60. The minimum atomic E-state index is -0.404. The van der Waals surface area contributed by atoms with Crippen molar-refractivity contribution in [3.8, 4) is 0 Å². The van der Waals surface area contributed by atoms with Gasteiger partial charge < -0.3 is 5.73 Å². The van der Waals surface area contributed by atoms with Crippen LogP contribution >= 0.6 is 11.6 Å². The summed E-state index contributed by atoms with van der Waals surface area (Å²) >= 11 is 6.31. The lowest BCUT2D eigenvalue weighted by atomic mass is 9.83. The van der Waals surface area contributed by atoms with E-state index in [4.69, 9.17) is 17.3 Å². The SMILES string of the molecule is CCC(N)(Cc1c(C)nn(C)c1Cl)c1ccccc1. The van der Waals surface area contributed by atoms with Gasteiger partial charge in [-0.05, 0) is 25.3 Å². The monoisotopic (exact) mass is 277 g/mol. The third kappa shape index (κ3) is 2.67. The van der Waals surface area contributed by atoms with Gasteiger partial charge in [0.1, 0.15) is 5.15 Å². The lowest BCUT2D eigenvalue weighted by molar-refractivity contribution is 0.424. The lowest BCUT2D eigenvalue weighted by Gasteiger charge is -2.29. The molecule has 19 heavy (non-hydrogen) atoms. The molecule has 3 nitrogen and oxygen atoms in total. The standard InChI is InChI=1S/C15H20ClN3/c1-4-15(17,12-8-6-5-7-9-12)10-13-11(2)18-19(3)14(13)16/h5-9H,4,10,17H2,1-3H3. The Balaban J connectivity index is 2.39. The summed E-state index contributed by atoms with van der Waals surface area (Å²) in [5.41, 5.74) is 9.32. The molecule has 0 fully saturated rings. The first-order valence-electron chi connectivity index (χ1n) is 6.50. The molecule has 1 aromatic heterocycles. The van der Waals surface area contributed by atoms with E-state index in [1.165, 1.54) is 0 Å². The molecule has 0 saturated carbocycles. The lowest BCUT2D eigenvalue weighted by Crippen LogP contribution is -2.38. The molecule has 2 N–H and O–H groups in total. The highest BCUT2D eigenvalue weighted by atomic mass is 35.5. The Morgan fingerprint density at radius 3 is 2.42 bits per heavy atom. The molecule has 0 amide bonds. The predicted octanol–water partition coefficient (Wildman–Crippen LogP) is 3.19. The summed E-state index contributed by atoms with van der Waals surface area (Å²) in [7, 11) is 1.85. The van der Waals surface area contributed by atoms with Crippen LogP contribution in [0.3, 0.4) is 0 Å². The van der Waals surface area contributed by atoms with Crippen LogP contribution < -0.4 is 5.73 Å². The third-order valence-electron chi connectivity index (χ3n) is 3.74. The zero-order valence-corrected chi connectivity index (χ0v) is 12.4. The summed E-state index contributed by atoms with van der Waals surface area (Å²) in [5.74, 6) is 0. The van der Waals surface area contributed by atoms with Gasteiger partial charge in [-0.3, -0.25) is 4.68 Å². The largest absolute Gasteiger partial charge is 0.321 e. The zero-order chi connectivity index (χ0) is 14.0. The molecule has 2 rings (SSSR count). The van der Waals surface area contributed by atoms with E-state index in [-0.39, 0.29) is 0 Å². The molecule has 102 valence electrons. The highest BCUT2D eigenvalue weighted by molar-refractivity contribution is 6.30. The molecule has 0 aliphatic rings. The third-order valence-corrected chi connectivity index (χ3v) is 4.21. The van der Waals surface area contributed by atoms with Gasteiger partial charge in [-0.2, -0.15) is 5.10 Å². The smallest absolute Gasteiger partial charge is 0.130 e. The molecule has 0 aliphatic carbocycles. The first-order valence-corrected chi connectivity index (χ1v) is 6.88. The number of hydrogen-bond donors (Lipinski definition) is 1. The molecule has 1 unspecified atom stereocenters. The van der Waals surface area contributed by atoms with Crippen LogP contribution in [0, 0.1) is 6.92 Å². The normalized spacial score (nSPS) is 14.4. The maximum atomic E-state index is 6.60. The van der Waals surface area contributed by atoms with Gasteiger partial charge in [0.25, 0.3) is 0 Å². The summed E-state index contributed by atoms with van der Waals surface area (Å²) in [5, 5.41) is 5.03. The van der Waals surface area contributed by atoms with Crippen LogP contribution in [-0.2, 0) is 19.0 Å². The first kappa shape index (κ1) is 14.1. The molecule has 0 aliphatic heterocycles. The van der Waals surface area contributed by atoms with E-state index in [9.17, 15) is 0 Å². The second-order valence-electron chi connectivity index (χ2n) is 5.03. The summed E-state index contributed by atoms with van der Waals surface area (Å²) < 4.78 is 1.70. The van der Waals surface area contributed by atoms with E-state index in [1.807, 2.05) is 32.2 Å². The van der Waals surface area contributed by atoms with Crippen LogP contribution in [0.15, 0.2) is 30.3 Å². The number of nitrogens with two attached hydrogens (primary N) is 1. The maximum Gasteiger partial charge on any atom is 0.130 e. The van der Waals surface area contributed by atoms with Crippen molar-refractivity contribution >= 4 is 11.6 Å². The van der Waals surface area contributed by atoms with E-state index >= 15 is 0 Å². The van der Waals surface area contributed by atoms with Crippen molar-refractivity contribution in [3.05, 3.63) is 52.3 Å². The number of rotatable bonds is 4. The van der Waals surface area contributed by atoms with Gasteiger partial charge in [0.2, 0.25) is 0 Å². The Morgan fingerprint density at radius 2 is 1.95 bits per heavy atom. The molecule has 0 spiro atoms. The van der Waals surface area contributed by atoms with Crippen molar-refractivity contribution in [3.63, 3.8) is 0 Å². The fourth-order valence-electron chi connectivity index (χ4n) is 2.39. The van der Waals surface area contributed by atoms with E-state index in [1.54, 1.807) is 4.68 Å². The van der Waals surface area contributed by atoms with E-state index < -0.39 is 5.54 Å². The van der Waals surface area contributed by atoms with Crippen molar-refractivity contribution < 1.29 is 0 Å². The Bertz CT molecular complexity index is 562. The Morgan fingerprint density at radius 1 is 1.32 bits per heavy atom. The molecule has 4 heteroatoms. The molecular weight excluding hydrogens is 258 g/mol. The van der Waals surface area contributed by atoms with Gasteiger partial charge in [0, 0.05) is 18.2 Å². The zero-order valence-electron chi connectivity index (χ0n) is 11.7. The van der Waals surface area contributed by atoms with Gasteiger partial charge in [-0.25, -0.2) is 0 Å². The minimum Gasteiger partial charge on any atom is -0.321 e. The van der Waals surface area contributed by atoms with Gasteiger partial charge in [-0.1, -0.05) is 48.9 Å². The highest BCUT2D eigenvalue weighted by Gasteiger charge is 2.28. The minimum absolute atomic E-state index is 0.404. The first-order chi connectivity index (χ1) is 8.98. The van der Waals surface area contributed by atoms with Gasteiger partial charge in [-0.15, -0.1) is 0 Å². The van der Waals surface area contributed by atoms with Crippen molar-refractivity contribution in [2.45, 2.75) is 32.2 Å². The van der Waals surface area contributed by atoms with Gasteiger partial charge in [0.15, 0.2) is 0 Å². The summed E-state index contributed by atoms with van der Waals surface area (Å²) in [6.45, 7) is 4.08. The molecule has 0 saturated heterocycles. The molecule has 1 atom stereocenters. The molecule has 1 aromatic carbocycles. The number of nitrogens with zero attached hydrogens (tertiary/aromatic N) is 2. The number of aryl methyl sites for hydroxylation is 2. The number of benzene rings is 1. The summed E-state index contributed by atoms with van der Waals surface area (Å²) in [4.78, 5) is 0. The second kappa shape index (κ2) is 5.35. The molecule has 0 radical (unpaired) electrons. The predicted molar refractivity (Wildman–Crippen MR) is 79.3 cm³/mol. The topological polar surface area (TPSA) is 43.8 Å². The van der Waals surface area contributed by atoms with Crippen molar-refractivity contribution in [1.82, 2.24) is 9.78 Å². The number of halogens is 1. The number of hydrogen-bond acceptors (Lipinski definition) is 2. The fraction of sp³-hybridized carbons (Fsp3) is 0.400. The average Bonchev–Trinajstić information content (AvgIpc) is 2.66. The fourth-order valence-corrected chi connectivity index (χ4v) is 2.63. The van der Waals surface area contributed by atoms with Gasteiger partial charge >= 0.3 is 0 Å². The average molecular weight is 278 g/mol.